The van der Waals surface area contributed by atoms with Gasteiger partial charge in [-0.2, -0.15) is 5.10 Å². The lowest BCUT2D eigenvalue weighted by Crippen LogP contribution is -2.09. The van der Waals surface area contributed by atoms with E-state index in [1.807, 2.05) is 38.1 Å². The van der Waals surface area contributed by atoms with Gasteiger partial charge in [0.15, 0.2) is 11.5 Å². The van der Waals surface area contributed by atoms with Gasteiger partial charge in [-0.1, -0.05) is 0 Å². The lowest BCUT2D eigenvalue weighted by Gasteiger charge is -2.11. The Balaban J connectivity index is 1.50. The molecule has 0 bridgehead atoms. The fraction of sp³-hybridized carbons (Fsp3) is 0.120. The summed E-state index contributed by atoms with van der Waals surface area (Å²) in [6.45, 7) is 4.08. The van der Waals surface area contributed by atoms with Crippen molar-refractivity contribution in [3.8, 4) is 33.8 Å². The van der Waals surface area contributed by atoms with Crippen molar-refractivity contribution in [2.24, 2.45) is 0 Å². The summed E-state index contributed by atoms with van der Waals surface area (Å²) in [5.41, 5.74) is 5.91. The van der Waals surface area contributed by atoms with Crippen molar-refractivity contribution in [3.63, 3.8) is 0 Å². The maximum atomic E-state index is 15.9. The predicted octanol–water partition coefficient (Wildman–Crippen LogP) is 5.78. The van der Waals surface area contributed by atoms with Gasteiger partial charge in [0.05, 0.1) is 34.6 Å². The highest BCUT2D eigenvalue weighted by Crippen LogP contribution is 2.35. The molecule has 0 radical (unpaired) electrons. The molecule has 168 valence electrons. The number of benzene rings is 1. The number of aromatic nitrogens is 6. The molecule has 5 aromatic heterocycles. The van der Waals surface area contributed by atoms with Crippen LogP contribution in [0.5, 0.6) is 0 Å². The Hall–Kier alpha value is -4.53. The second kappa shape index (κ2) is 7.80. The Bertz CT molecular complexity index is 1630. The summed E-state index contributed by atoms with van der Waals surface area (Å²) in [6, 6.07) is 9.40. The summed E-state index contributed by atoms with van der Waals surface area (Å²) >= 11 is 0. The summed E-state index contributed by atoms with van der Waals surface area (Å²) in [7, 11) is 0. The SMILES string of the molecule is CC(C)Nc1cncc(-c2ccc3[nH]nc(-c4nc5nccc(-c6ccoc6)c5[nH]4)c3c2F)c1. The van der Waals surface area contributed by atoms with E-state index in [-0.39, 0.29) is 6.04 Å². The molecule has 0 saturated heterocycles. The highest BCUT2D eigenvalue weighted by molar-refractivity contribution is 5.98. The van der Waals surface area contributed by atoms with Crippen LogP contribution in [0.25, 0.3) is 55.8 Å². The number of pyridine rings is 2. The average molecular weight is 453 g/mol. The van der Waals surface area contributed by atoms with E-state index in [1.165, 1.54) is 0 Å². The van der Waals surface area contributed by atoms with E-state index in [0.717, 1.165) is 22.3 Å². The van der Waals surface area contributed by atoms with E-state index in [1.54, 1.807) is 37.2 Å². The molecule has 6 aromatic rings. The van der Waals surface area contributed by atoms with Crippen LogP contribution < -0.4 is 5.32 Å². The topological polar surface area (TPSA) is 108 Å². The van der Waals surface area contributed by atoms with Crippen LogP contribution in [0.1, 0.15) is 13.8 Å². The van der Waals surface area contributed by atoms with Crippen LogP contribution in [-0.2, 0) is 0 Å². The molecule has 0 aliphatic carbocycles. The van der Waals surface area contributed by atoms with Gasteiger partial charge >= 0.3 is 0 Å². The van der Waals surface area contributed by atoms with Crippen LogP contribution in [0.3, 0.4) is 0 Å². The van der Waals surface area contributed by atoms with Crippen LogP contribution in [0.4, 0.5) is 10.1 Å². The van der Waals surface area contributed by atoms with E-state index < -0.39 is 5.82 Å². The molecular weight excluding hydrogens is 433 g/mol. The first-order valence-electron chi connectivity index (χ1n) is 10.8. The van der Waals surface area contributed by atoms with Crippen LogP contribution in [0.2, 0.25) is 0 Å². The molecule has 1 aromatic carbocycles. The summed E-state index contributed by atoms with van der Waals surface area (Å²) in [5, 5.41) is 10.9. The molecule has 5 heterocycles. The lowest BCUT2D eigenvalue weighted by atomic mass is 10.0. The minimum atomic E-state index is -0.395. The molecule has 8 nitrogen and oxygen atoms in total. The lowest BCUT2D eigenvalue weighted by molar-refractivity contribution is 0.568. The van der Waals surface area contributed by atoms with Gasteiger partial charge in [-0.25, -0.2) is 14.4 Å². The molecule has 0 spiro atoms. The molecular formula is C25H20FN7O. The van der Waals surface area contributed by atoms with Crippen LogP contribution in [0, 0.1) is 5.82 Å². The first-order valence-corrected chi connectivity index (χ1v) is 10.8. The van der Waals surface area contributed by atoms with Crippen LogP contribution in [0.15, 0.2) is 65.9 Å². The maximum Gasteiger partial charge on any atom is 0.178 e. The second-order valence-electron chi connectivity index (χ2n) is 8.34. The highest BCUT2D eigenvalue weighted by atomic mass is 19.1. The minimum absolute atomic E-state index is 0.235. The van der Waals surface area contributed by atoms with Crippen molar-refractivity contribution in [1.82, 2.24) is 30.1 Å². The van der Waals surface area contributed by atoms with Gasteiger partial charge in [0, 0.05) is 46.9 Å². The number of H-pyrrole nitrogens is 2. The van der Waals surface area contributed by atoms with Gasteiger partial charge < -0.3 is 14.7 Å². The number of nitrogens with one attached hydrogen (secondary N) is 3. The first kappa shape index (κ1) is 20.1. The molecule has 0 amide bonds. The number of imidazole rings is 1. The van der Waals surface area contributed by atoms with Gasteiger partial charge in [0.2, 0.25) is 0 Å². The molecule has 0 atom stereocenters. The zero-order chi connectivity index (χ0) is 23.2. The Morgan fingerprint density at radius 3 is 2.79 bits per heavy atom. The van der Waals surface area contributed by atoms with Crippen molar-refractivity contribution < 1.29 is 8.81 Å². The van der Waals surface area contributed by atoms with E-state index in [9.17, 15) is 0 Å². The zero-order valence-electron chi connectivity index (χ0n) is 18.4. The third-order valence-electron chi connectivity index (χ3n) is 5.62. The smallest absolute Gasteiger partial charge is 0.178 e. The summed E-state index contributed by atoms with van der Waals surface area (Å²) < 4.78 is 21.1. The number of furan rings is 1. The fourth-order valence-electron chi connectivity index (χ4n) is 4.15. The summed E-state index contributed by atoms with van der Waals surface area (Å²) in [6.07, 6.45) is 8.32. The number of fused-ring (bicyclic) bond motifs is 2. The summed E-state index contributed by atoms with van der Waals surface area (Å²) in [5.74, 6) is 0.0299. The average Bonchev–Trinajstić information content (AvgIpc) is 3.57. The molecule has 3 N–H and O–H groups in total. The van der Waals surface area contributed by atoms with E-state index in [2.05, 4.69) is 35.5 Å². The van der Waals surface area contributed by atoms with Gasteiger partial charge in [-0.05, 0) is 44.2 Å². The normalized spacial score (nSPS) is 11.6. The Morgan fingerprint density at radius 2 is 1.97 bits per heavy atom. The monoisotopic (exact) mass is 453 g/mol. The van der Waals surface area contributed by atoms with Crippen LogP contribution >= 0.6 is 0 Å². The minimum Gasteiger partial charge on any atom is -0.472 e. The molecule has 34 heavy (non-hydrogen) atoms. The number of hydrogen-bond donors (Lipinski definition) is 3. The fourth-order valence-corrected chi connectivity index (χ4v) is 4.15. The van der Waals surface area contributed by atoms with Gasteiger partial charge in [-0.15, -0.1) is 0 Å². The van der Waals surface area contributed by atoms with Crippen molar-refractivity contribution in [2.45, 2.75) is 19.9 Å². The molecule has 0 fully saturated rings. The van der Waals surface area contributed by atoms with Gasteiger partial charge in [-0.3, -0.25) is 10.1 Å². The first-order chi connectivity index (χ1) is 16.6. The molecule has 0 unspecified atom stereocenters. The maximum absolute atomic E-state index is 15.9. The second-order valence-corrected chi connectivity index (χ2v) is 8.34. The van der Waals surface area contributed by atoms with Crippen molar-refractivity contribution >= 4 is 27.8 Å². The Kier molecular flexibility index (Phi) is 4.61. The number of rotatable bonds is 5. The highest BCUT2D eigenvalue weighted by Gasteiger charge is 2.21. The number of nitrogens with zero attached hydrogens (tertiary/aromatic N) is 4. The Labute approximate surface area is 193 Å². The van der Waals surface area contributed by atoms with Crippen molar-refractivity contribution in [2.75, 3.05) is 5.32 Å². The number of hydrogen-bond acceptors (Lipinski definition) is 6. The van der Waals surface area contributed by atoms with Gasteiger partial charge in [0.1, 0.15) is 11.5 Å². The van der Waals surface area contributed by atoms with E-state index in [0.29, 0.717) is 39.2 Å². The van der Waals surface area contributed by atoms with E-state index >= 15 is 4.39 Å². The largest absolute Gasteiger partial charge is 0.472 e. The third-order valence-corrected chi connectivity index (χ3v) is 5.62. The number of anilines is 1. The molecule has 0 aliphatic heterocycles. The quantitative estimate of drug-likeness (QED) is 0.305. The molecule has 6 rings (SSSR count). The molecule has 0 saturated carbocycles. The number of aromatic amines is 2. The van der Waals surface area contributed by atoms with Gasteiger partial charge in [0.25, 0.3) is 0 Å². The standard InChI is InChI=1S/C25H20FN7O/c1-13(2)29-16-9-15(10-27-11-16)17-3-4-19-20(21(17)26)23(33-32-19)25-30-22-18(14-6-8-34-12-14)5-7-28-24(22)31-25/h3-13,29H,1-2H3,(H,32,33)(H,28,30,31). The van der Waals surface area contributed by atoms with Crippen LogP contribution in [-0.4, -0.2) is 36.2 Å². The Morgan fingerprint density at radius 1 is 1.06 bits per heavy atom. The number of halogens is 1. The molecule has 0 aliphatic rings. The third kappa shape index (κ3) is 3.29. The van der Waals surface area contributed by atoms with E-state index in [4.69, 9.17) is 4.42 Å². The van der Waals surface area contributed by atoms with Crippen molar-refractivity contribution in [3.05, 3.63) is 67.3 Å². The van der Waals surface area contributed by atoms with Crippen molar-refractivity contribution in [1.29, 1.82) is 0 Å². The zero-order valence-corrected chi connectivity index (χ0v) is 18.4. The summed E-state index contributed by atoms with van der Waals surface area (Å²) in [4.78, 5) is 16.5. The predicted molar refractivity (Wildman–Crippen MR) is 129 cm³/mol. The molecule has 9 heteroatoms.